The molecule has 3 aromatic heterocycles. The Balaban J connectivity index is 1.80. The summed E-state index contributed by atoms with van der Waals surface area (Å²) in [4.78, 5) is 17.9. The van der Waals surface area contributed by atoms with Gasteiger partial charge in [-0.25, -0.2) is 18.2 Å². The van der Waals surface area contributed by atoms with Crippen molar-refractivity contribution in [2.75, 3.05) is 13.4 Å². The molecule has 2 aromatic carbocycles. The van der Waals surface area contributed by atoms with Crippen molar-refractivity contribution < 1.29 is 27.2 Å². The second-order valence-corrected chi connectivity index (χ2v) is 10.9. The number of sulfone groups is 1. The minimum absolute atomic E-state index is 0.173. The average Bonchev–Trinajstić information content (AvgIpc) is 3.39. The SMILES string of the molecule is COc1cc2c(cc1-c1c(C)noc1C)nc(CO)c1oc(=O)n(C(C)c3ccc(S(C)(=O)=O)cc3)c12. The zero-order chi connectivity index (χ0) is 26.6. The number of aryl methyl sites for hydroxylation is 2. The summed E-state index contributed by atoms with van der Waals surface area (Å²) in [5, 5.41) is 14.7. The summed E-state index contributed by atoms with van der Waals surface area (Å²) in [6, 6.07) is 9.41. The van der Waals surface area contributed by atoms with Gasteiger partial charge in [0, 0.05) is 17.2 Å². The molecule has 5 aromatic rings. The van der Waals surface area contributed by atoms with Crippen molar-refractivity contribution in [2.45, 2.75) is 38.3 Å². The van der Waals surface area contributed by atoms with Crippen molar-refractivity contribution in [3.05, 3.63) is 69.7 Å². The number of hydrogen-bond acceptors (Lipinski definition) is 9. The van der Waals surface area contributed by atoms with E-state index < -0.39 is 28.2 Å². The lowest BCUT2D eigenvalue weighted by Gasteiger charge is -2.16. The lowest BCUT2D eigenvalue weighted by atomic mass is 10.00. The quantitative estimate of drug-likeness (QED) is 0.351. The predicted octanol–water partition coefficient (Wildman–Crippen LogP) is 3.93. The van der Waals surface area contributed by atoms with Crippen molar-refractivity contribution in [1.82, 2.24) is 14.7 Å². The zero-order valence-corrected chi connectivity index (χ0v) is 21.7. The molecule has 0 aliphatic rings. The van der Waals surface area contributed by atoms with Crippen LogP contribution in [-0.2, 0) is 16.4 Å². The summed E-state index contributed by atoms with van der Waals surface area (Å²) in [5.74, 6) is 0.504. The van der Waals surface area contributed by atoms with E-state index in [2.05, 4.69) is 10.1 Å². The molecule has 0 spiro atoms. The fraction of sp³-hybridized carbons (Fsp3) is 0.269. The Hall–Kier alpha value is -3.96. The maximum atomic E-state index is 13.1. The van der Waals surface area contributed by atoms with Crippen LogP contribution in [0.2, 0.25) is 0 Å². The molecule has 192 valence electrons. The molecule has 1 unspecified atom stereocenters. The van der Waals surface area contributed by atoms with E-state index in [0.29, 0.717) is 44.8 Å². The van der Waals surface area contributed by atoms with Gasteiger partial charge in [-0.15, -0.1) is 0 Å². The second-order valence-electron chi connectivity index (χ2n) is 8.92. The second kappa shape index (κ2) is 8.86. The molecular weight excluding hydrogens is 498 g/mol. The number of ether oxygens (including phenoxy) is 1. The minimum atomic E-state index is -3.36. The Labute approximate surface area is 212 Å². The summed E-state index contributed by atoms with van der Waals surface area (Å²) < 4.78 is 41.9. The van der Waals surface area contributed by atoms with Crippen molar-refractivity contribution in [1.29, 1.82) is 0 Å². The third-order valence-corrected chi connectivity index (χ3v) is 7.69. The van der Waals surface area contributed by atoms with E-state index in [1.165, 1.54) is 16.7 Å². The van der Waals surface area contributed by atoms with E-state index in [-0.39, 0.29) is 16.2 Å². The van der Waals surface area contributed by atoms with E-state index in [9.17, 15) is 18.3 Å². The number of aliphatic hydroxyl groups is 1. The molecule has 11 heteroatoms. The first kappa shape index (κ1) is 24.7. The fourth-order valence-corrected chi connectivity index (χ4v) is 5.34. The Morgan fingerprint density at radius 1 is 1.16 bits per heavy atom. The summed E-state index contributed by atoms with van der Waals surface area (Å²) in [5.41, 5.74) is 4.22. The normalized spacial score (nSPS) is 12.9. The van der Waals surface area contributed by atoms with Crippen LogP contribution >= 0.6 is 0 Å². The number of nitrogens with zero attached hydrogens (tertiary/aromatic N) is 3. The number of pyridine rings is 1. The third-order valence-electron chi connectivity index (χ3n) is 6.56. The Morgan fingerprint density at radius 3 is 2.43 bits per heavy atom. The zero-order valence-electron chi connectivity index (χ0n) is 20.9. The summed E-state index contributed by atoms with van der Waals surface area (Å²) in [6.07, 6.45) is 1.14. The van der Waals surface area contributed by atoms with Gasteiger partial charge in [-0.1, -0.05) is 17.3 Å². The van der Waals surface area contributed by atoms with Crippen molar-refractivity contribution in [3.63, 3.8) is 0 Å². The van der Waals surface area contributed by atoms with Gasteiger partial charge in [0.05, 0.1) is 41.4 Å². The third kappa shape index (κ3) is 4.00. The van der Waals surface area contributed by atoms with Crippen LogP contribution in [0.3, 0.4) is 0 Å². The number of benzene rings is 2. The largest absolute Gasteiger partial charge is 0.496 e. The van der Waals surface area contributed by atoms with Gasteiger partial charge >= 0.3 is 5.76 Å². The number of oxazole rings is 1. The number of rotatable bonds is 6. The van der Waals surface area contributed by atoms with E-state index in [4.69, 9.17) is 13.7 Å². The molecule has 5 rings (SSSR count). The Kier molecular flexibility index (Phi) is 5.92. The van der Waals surface area contributed by atoms with E-state index >= 15 is 0 Å². The predicted molar refractivity (Wildman–Crippen MR) is 137 cm³/mol. The lowest BCUT2D eigenvalue weighted by Crippen LogP contribution is -2.19. The minimum Gasteiger partial charge on any atom is -0.496 e. The van der Waals surface area contributed by atoms with Crippen LogP contribution < -0.4 is 10.5 Å². The number of methoxy groups -OCH3 is 1. The maximum Gasteiger partial charge on any atom is 0.420 e. The maximum absolute atomic E-state index is 13.1. The monoisotopic (exact) mass is 523 g/mol. The molecular formula is C26H25N3O7S. The van der Waals surface area contributed by atoms with Crippen molar-refractivity contribution in [3.8, 4) is 16.9 Å². The van der Waals surface area contributed by atoms with Crippen LogP contribution in [0.25, 0.3) is 33.1 Å². The van der Waals surface area contributed by atoms with Gasteiger partial charge < -0.3 is 18.8 Å². The van der Waals surface area contributed by atoms with Gasteiger partial charge in [-0.2, -0.15) is 0 Å². The highest BCUT2D eigenvalue weighted by Gasteiger charge is 2.25. The molecule has 1 atom stereocenters. The fourth-order valence-electron chi connectivity index (χ4n) is 4.71. The highest BCUT2D eigenvalue weighted by molar-refractivity contribution is 7.90. The summed E-state index contributed by atoms with van der Waals surface area (Å²) >= 11 is 0. The van der Waals surface area contributed by atoms with Crippen LogP contribution in [0.15, 0.2) is 55.0 Å². The van der Waals surface area contributed by atoms with Crippen LogP contribution in [0.4, 0.5) is 0 Å². The summed E-state index contributed by atoms with van der Waals surface area (Å²) in [7, 11) is -1.82. The molecule has 3 heterocycles. The lowest BCUT2D eigenvalue weighted by molar-refractivity contribution is 0.277. The van der Waals surface area contributed by atoms with Crippen molar-refractivity contribution >= 4 is 31.8 Å². The molecule has 0 aliphatic heterocycles. The Bertz CT molecular complexity index is 1810. The molecule has 0 fully saturated rings. The van der Waals surface area contributed by atoms with Crippen LogP contribution in [0.5, 0.6) is 5.75 Å². The van der Waals surface area contributed by atoms with Crippen LogP contribution in [0, 0.1) is 13.8 Å². The molecule has 37 heavy (non-hydrogen) atoms. The van der Waals surface area contributed by atoms with Gasteiger partial charge in [-0.3, -0.25) is 4.57 Å². The van der Waals surface area contributed by atoms with Crippen LogP contribution in [-0.4, -0.2) is 41.6 Å². The van der Waals surface area contributed by atoms with E-state index in [0.717, 1.165) is 11.8 Å². The number of aliphatic hydroxyl groups excluding tert-OH is 1. The van der Waals surface area contributed by atoms with Gasteiger partial charge in [0.25, 0.3) is 0 Å². The Morgan fingerprint density at radius 2 is 1.86 bits per heavy atom. The number of hydrogen-bond donors (Lipinski definition) is 1. The highest BCUT2D eigenvalue weighted by Crippen LogP contribution is 2.40. The molecule has 0 amide bonds. The van der Waals surface area contributed by atoms with Crippen LogP contribution in [0.1, 0.15) is 35.7 Å². The highest BCUT2D eigenvalue weighted by atomic mass is 32.2. The van der Waals surface area contributed by atoms with Gasteiger partial charge in [0.1, 0.15) is 22.7 Å². The smallest absolute Gasteiger partial charge is 0.420 e. The molecule has 0 radical (unpaired) electrons. The first-order valence-corrected chi connectivity index (χ1v) is 13.3. The molecule has 0 aliphatic carbocycles. The molecule has 0 bridgehead atoms. The number of aromatic nitrogens is 3. The molecule has 10 nitrogen and oxygen atoms in total. The van der Waals surface area contributed by atoms with Gasteiger partial charge in [0.2, 0.25) is 0 Å². The first-order chi connectivity index (χ1) is 17.5. The first-order valence-electron chi connectivity index (χ1n) is 11.4. The molecule has 0 saturated heterocycles. The standard InChI is InChI=1S/C26H25N3O7S/c1-13-23(15(3)36-28-13)19-10-20-18(11-22(19)34-4)24-25(21(12-30)27-20)35-26(31)29(24)14(2)16-6-8-17(9-7-16)37(5,32)33/h6-11,14,30H,12H2,1-5H3. The van der Waals surface area contributed by atoms with Gasteiger partial charge in [0.15, 0.2) is 15.4 Å². The molecule has 1 N–H and O–H groups in total. The summed E-state index contributed by atoms with van der Waals surface area (Å²) in [6.45, 7) is 5.00. The van der Waals surface area contributed by atoms with E-state index in [1.807, 2.05) is 19.9 Å². The van der Waals surface area contributed by atoms with Crippen molar-refractivity contribution in [2.24, 2.45) is 0 Å². The van der Waals surface area contributed by atoms with E-state index in [1.54, 1.807) is 32.2 Å². The average molecular weight is 524 g/mol. The van der Waals surface area contributed by atoms with Gasteiger partial charge in [-0.05, 0) is 50.6 Å². The topological polar surface area (TPSA) is 138 Å². The number of fused-ring (bicyclic) bond motifs is 3. The molecule has 0 saturated carbocycles.